The smallest absolute Gasteiger partial charge is 0.323 e. The van der Waals surface area contributed by atoms with Crippen molar-refractivity contribution in [1.29, 1.82) is 0 Å². The normalized spacial score (nSPS) is 20.3. The summed E-state index contributed by atoms with van der Waals surface area (Å²) in [4.78, 5) is 24.7. The number of nitrogens with zero attached hydrogens (tertiary/aromatic N) is 1. The molecule has 1 amide bonds. The molecule has 1 aliphatic carbocycles. The number of aliphatic carboxylic acids is 1. The van der Waals surface area contributed by atoms with E-state index in [1.165, 1.54) is 10.5 Å². The fraction of sp³-hybridized carbons (Fsp3) is 0.529. The second-order valence-electron chi connectivity index (χ2n) is 6.28. The van der Waals surface area contributed by atoms with Crippen LogP contribution in [0.2, 0.25) is 0 Å². The molecule has 1 N–H and O–H groups in total. The Kier molecular flexibility index (Phi) is 4.99. The van der Waals surface area contributed by atoms with Crippen molar-refractivity contribution in [2.75, 3.05) is 13.1 Å². The van der Waals surface area contributed by atoms with Crippen LogP contribution in [0.15, 0.2) is 30.3 Å². The summed E-state index contributed by atoms with van der Waals surface area (Å²) in [5, 5.41) is 8.93. The van der Waals surface area contributed by atoms with Crippen LogP contribution in [-0.2, 0) is 9.59 Å². The van der Waals surface area contributed by atoms with Crippen LogP contribution in [-0.4, -0.2) is 35.0 Å². The monoisotopic (exact) mass is 289 g/mol. The molecular formula is C17H23NO3. The molecular weight excluding hydrogens is 266 g/mol. The van der Waals surface area contributed by atoms with Crippen LogP contribution in [0, 0.1) is 11.8 Å². The van der Waals surface area contributed by atoms with Gasteiger partial charge < -0.3 is 10.0 Å². The van der Waals surface area contributed by atoms with Gasteiger partial charge >= 0.3 is 5.97 Å². The van der Waals surface area contributed by atoms with E-state index >= 15 is 0 Å². The minimum Gasteiger partial charge on any atom is -0.480 e. The summed E-state index contributed by atoms with van der Waals surface area (Å²) in [5.41, 5.74) is 1.28. The molecule has 0 aliphatic heterocycles. The zero-order valence-corrected chi connectivity index (χ0v) is 12.7. The van der Waals surface area contributed by atoms with E-state index in [9.17, 15) is 9.59 Å². The lowest BCUT2D eigenvalue weighted by molar-refractivity contribution is -0.145. The third kappa shape index (κ3) is 4.59. The van der Waals surface area contributed by atoms with Gasteiger partial charge in [-0.1, -0.05) is 44.2 Å². The molecule has 4 nitrogen and oxygen atoms in total. The van der Waals surface area contributed by atoms with E-state index in [0.29, 0.717) is 24.8 Å². The van der Waals surface area contributed by atoms with Gasteiger partial charge in [0.2, 0.25) is 5.91 Å². The molecule has 1 aliphatic rings. The molecule has 1 fully saturated rings. The first-order chi connectivity index (χ1) is 9.97. The van der Waals surface area contributed by atoms with Crippen LogP contribution < -0.4 is 0 Å². The summed E-state index contributed by atoms with van der Waals surface area (Å²) >= 11 is 0. The molecule has 0 bridgehead atoms. The van der Waals surface area contributed by atoms with Crippen molar-refractivity contribution >= 4 is 11.9 Å². The largest absolute Gasteiger partial charge is 0.480 e. The molecule has 1 aromatic rings. The predicted molar refractivity (Wildman–Crippen MR) is 81.0 cm³/mol. The highest BCUT2D eigenvalue weighted by atomic mass is 16.4. The number of rotatable bonds is 7. The minimum atomic E-state index is -0.945. The number of carboxylic acid groups (broad SMARTS) is 1. The molecule has 1 saturated carbocycles. The van der Waals surface area contributed by atoms with Gasteiger partial charge in [0, 0.05) is 13.0 Å². The Labute approximate surface area is 125 Å². The van der Waals surface area contributed by atoms with Crippen molar-refractivity contribution in [1.82, 2.24) is 4.90 Å². The van der Waals surface area contributed by atoms with Crippen molar-refractivity contribution < 1.29 is 14.7 Å². The topological polar surface area (TPSA) is 57.6 Å². The fourth-order valence-electron chi connectivity index (χ4n) is 2.79. The van der Waals surface area contributed by atoms with Crippen LogP contribution in [0.25, 0.3) is 0 Å². The molecule has 0 heterocycles. The molecule has 2 rings (SSSR count). The maximum atomic E-state index is 12.3. The first kappa shape index (κ1) is 15.5. The van der Waals surface area contributed by atoms with Gasteiger partial charge in [-0.15, -0.1) is 0 Å². The van der Waals surface area contributed by atoms with E-state index in [4.69, 9.17) is 5.11 Å². The number of carboxylic acids is 1. The van der Waals surface area contributed by atoms with E-state index in [-0.39, 0.29) is 18.4 Å². The molecule has 4 heteroatoms. The number of carbonyl (C=O) groups excluding carboxylic acids is 1. The Balaban J connectivity index is 1.89. The standard InChI is InChI=1S/C17H23NO3/c1-12(2)10-18(11-17(20)21)16(19)9-14-8-15(14)13-6-4-3-5-7-13/h3-7,12,14-15H,8-11H2,1-2H3,(H,20,21)/t14-,15-/m0/s1. The predicted octanol–water partition coefficient (Wildman–Crippen LogP) is 2.75. The van der Waals surface area contributed by atoms with Gasteiger partial charge in [-0.2, -0.15) is 0 Å². The maximum Gasteiger partial charge on any atom is 0.323 e. The lowest BCUT2D eigenvalue weighted by Crippen LogP contribution is -2.38. The number of hydrogen-bond donors (Lipinski definition) is 1. The second kappa shape index (κ2) is 6.74. The highest BCUT2D eigenvalue weighted by Gasteiger charge is 2.40. The molecule has 114 valence electrons. The van der Waals surface area contributed by atoms with Crippen LogP contribution >= 0.6 is 0 Å². The average Bonchev–Trinajstić information content (AvgIpc) is 3.17. The summed E-state index contributed by atoms with van der Waals surface area (Å²) in [5.74, 6) is 0.121. The van der Waals surface area contributed by atoms with Gasteiger partial charge in [0.15, 0.2) is 0 Å². The number of amides is 1. The molecule has 0 unspecified atom stereocenters. The third-order valence-electron chi connectivity index (χ3n) is 3.85. The Morgan fingerprint density at radius 3 is 2.52 bits per heavy atom. The van der Waals surface area contributed by atoms with Gasteiger partial charge in [0.25, 0.3) is 0 Å². The first-order valence-electron chi connectivity index (χ1n) is 7.52. The molecule has 0 aromatic heterocycles. The zero-order chi connectivity index (χ0) is 15.4. The first-order valence-corrected chi connectivity index (χ1v) is 7.52. The molecule has 2 atom stereocenters. The third-order valence-corrected chi connectivity index (χ3v) is 3.85. The maximum absolute atomic E-state index is 12.3. The molecule has 1 aromatic carbocycles. The summed E-state index contributed by atoms with van der Waals surface area (Å²) in [6.45, 7) is 4.30. The zero-order valence-electron chi connectivity index (χ0n) is 12.7. The van der Waals surface area contributed by atoms with Gasteiger partial charge in [-0.05, 0) is 29.7 Å². The van der Waals surface area contributed by atoms with Crippen molar-refractivity contribution in [3.8, 4) is 0 Å². The summed E-state index contributed by atoms with van der Waals surface area (Å²) < 4.78 is 0. The molecule has 0 saturated heterocycles. The summed E-state index contributed by atoms with van der Waals surface area (Å²) in [6.07, 6.45) is 1.48. The van der Waals surface area contributed by atoms with Crippen molar-refractivity contribution in [3.63, 3.8) is 0 Å². The number of carbonyl (C=O) groups is 2. The van der Waals surface area contributed by atoms with Gasteiger partial charge in [0.05, 0.1) is 0 Å². The van der Waals surface area contributed by atoms with Crippen LogP contribution in [0.3, 0.4) is 0 Å². The number of benzene rings is 1. The van der Waals surface area contributed by atoms with Gasteiger partial charge in [0.1, 0.15) is 6.54 Å². The Morgan fingerprint density at radius 1 is 1.29 bits per heavy atom. The van der Waals surface area contributed by atoms with E-state index in [2.05, 4.69) is 12.1 Å². The van der Waals surface area contributed by atoms with Crippen LogP contribution in [0.5, 0.6) is 0 Å². The van der Waals surface area contributed by atoms with E-state index < -0.39 is 5.97 Å². The highest BCUT2D eigenvalue weighted by molar-refractivity contribution is 5.81. The quantitative estimate of drug-likeness (QED) is 0.839. The van der Waals surface area contributed by atoms with Crippen molar-refractivity contribution in [2.24, 2.45) is 11.8 Å². The Bertz CT molecular complexity index is 498. The lowest BCUT2D eigenvalue weighted by Gasteiger charge is -2.22. The van der Waals surface area contributed by atoms with Crippen molar-refractivity contribution in [3.05, 3.63) is 35.9 Å². The summed E-state index contributed by atoms with van der Waals surface area (Å²) in [6, 6.07) is 10.2. The van der Waals surface area contributed by atoms with E-state index in [1.54, 1.807) is 0 Å². The Hall–Kier alpha value is -1.84. The minimum absolute atomic E-state index is 0.0328. The molecule has 0 radical (unpaired) electrons. The van der Waals surface area contributed by atoms with E-state index in [1.807, 2.05) is 32.0 Å². The fourth-order valence-corrected chi connectivity index (χ4v) is 2.79. The molecule has 21 heavy (non-hydrogen) atoms. The van der Waals surface area contributed by atoms with Gasteiger partial charge in [-0.25, -0.2) is 0 Å². The van der Waals surface area contributed by atoms with E-state index in [0.717, 1.165) is 6.42 Å². The molecule has 0 spiro atoms. The highest BCUT2D eigenvalue weighted by Crippen LogP contribution is 2.49. The van der Waals surface area contributed by atoms with Crippen molar-refractivity contribution in [2.45, 2.75) is 32.6 Å². The van der Waals surface area contributed by atoms with Gasteiger partial charge in [-0.3, -0.25) is 9.59 Å². The van der Waals surface area contributed by atoms with Crippen LogP contribution in [0.4, 0.5) is 0 Å². The number of hydrogen-bond acceptors (Lipinski definition) is 2. The SMILES string of the molecule is CC(C)CN(CC(=O)O)C(=O)C[C@@H]1C[C@H]1c1ccccc1. The average molecular weight is 289 g/mol. The lowest BCUT2D eigenvalue weighted by atomic mass is 10.1. The second-order valence-corrected chi connectivity index (χ2v) is 6.28. The summed E-state index contributed by atoms with van der Waals surface area (Å²) in [7, 11) is 0. The van der Waals surface area contributed by atoms with Crippen LogP contribution in [0.1, 0.15) is 38.2 Å². The Morgan fingerprint density at radius 2 is 1.95 bits per heavy atom.